The normalized spacial score (nSPS) is 10.7. The molecule has 0 fully saturated rings. The summed E-state index contributed by atoms with van der Waals surface area (Å²) >= 11 is 1.64. The molecule has 88 valence electrons. The number of nitrogen functional groups attached to an aromatic ring is 1. The summed E-state index contributed by atoms with van der Waals surface area (Å²) in [4.78, 5) is 5.77. The molecule has 1 aromatic heterocycles. The van der Waals surface area contributed by atoms with Gasteiger partial charge in [0.15, 0.2) is 0 Å². The number of aromatic nitrogens is 1. The summed E-state index contributed by atoms with van der Waals surface area (Å²) in [5.41, 5.74) is 7.48. The van der Waals surface area contributed by atoms with E-state index >= 15 is 0 Å². The third-order valence-corrected chi connectivity index (χ3v) is 3.62. The molecule has 0 amide bonds. The largest absolute Gasteiger partial charge is 0.399 e. The number of nitrogens with two attached hydrogens (primary N) is 1. The van der Waals surface area contributed by atoms with Crippen LogP contribution in [0, 0.1) is 0 Å². The van der Waals surface area contributed by atoms with Gasteiger partial charge < -0.3 is 5.73 Å². The van der Waals surface area contributed by atoms with E-state index in [1.54, 1.807) is 11.8 Å². The van der Waals surface area contributed by atoms with Crippen molar-refractivity contribution >= 4 is 28.4 Å². The van der Waals surface area contributed by atoms with Crippen LogP contribution in [0.5, 0.6) is 0 Å². The molecule has 0 spiro atoms. The molecule has 3 rings (SSSR count). The molecular formula is C15H12N2S. The SMILES string of the molecule is Nc1ccc(Sc2ccc3ccccc3n2)cc1. The fraction of sp³-hybridized carbons (Fsp3) is 0. The van der Waals surface area contributed by atoms with Crippen LogP contribution in [-0.2, 0) is 0 Å². The molecule has 0 unspecified atom stereocenters. The molecule has 0 bridgehead atoms. The Morgan fingerprint density at radius 1 is 0.833 bits per heavy atom. The molecular weight excluding hydrogens is 240 g/mol. The fourth-order valence-corrected chi connectivity index (χ4v) is 2.55. The van der Waals surface area contributed by atoms with Crippen molar-refractivity contribution < 1.29 is 0 Å². The molecule has 0 aliphatic heterocycles. The van der Waals surface area contributed by atoms with E-state index in [1.807, 2.05) is 48.5 Å². The summed E-state index contributed by atoms with van der Waals surface area (Å²) in [7, 11) is 0. The van der Waals surface area contributed by atoms with Crippen molar-refractivity contribution in [1.82, 2.24) is 4.98 Å². The highest BCUT2D eigenvalue weighted by molar-refractivity contribution is 7.99. The molecule has 0 saturated carbocycles. The van der Waals surface area contributed by atoms with Crippen molar-refractivity contribution in [3.8, 4) is 0 Å². The third kappa shape index (κ3) is 2.31. The molecule has 0 aliphatic carbocycles. The van der Waals surface area contributed by atoms with Crippen molar-refractivity contribution in [2.24, 2.45) is 0 Å². The lowest BCUT2D eigenvalue weighted by Gasteiger charge is -2.03. The average molecular weight is 252 g/mol. The van der Waals surface area contributed by atoms with E-state index in [4.69, 9.17) is 5.73 Å². The molecule has 2 N–H and O–H groups in total. The van der Waals surface area contributed by atoms with Crippen molar-refractivity contribution in [2.75, 3.05) is 5.73 Å². The van der Waals surface area contributed by atoms with Crippen LogP contribution in [-0.4, -0.2) is 4.98 Å². The van der Waals surface area contributed by atoms with Crippen molar-refractivity contribution in [3.63, 3.8) is 0 Å². The van der Waals surface area contributed by atoms with Gasteiger partial charge in [0.25, 0.3) is 0 Å². The molecule has 0 saturated heterocycles. The van der Waals surface area contributed by atoms with Gasteiger partial charge >= 0.3 is 0 Å². The van der Waals surface area contributed by atoms with Crippen LogP contribution in [0.25, 0.3) is 10.9 Å². The van der Waals surface area contributed by atoms with Crippen molar-refractivity contribution in [2.45, 2.75) is 9.92 Å². The van der Waals surface area contributed by atoms with E-state index in [0.717, 1.165) is 21.1 Å². The van der Waals surface area contributed by atoms with Gasteiger partial charge in [0.2, 0.25) is 0 Å². The maximum absolute atomic E-state index is 5.67. The van der Waals surface area contributed by atoms with Gasteiger partial charge in [-0.1, -0.05) is 36.0 Å². The van der Waals surface area contributed by atoms with Crippen LogP contribution in [0.15, 0.2) is 70.6 Å². The van der Waals surface area contributed by atoms with E-state index in [9.17, 15) is 0 Å². The molecule has 0 aliphatic rings. The number of para-hydroxylation sites is 1. The number of anilines is 1. The number of benzene rings is 2. The van der Waals surface area contributed by atoms with Crippen LogP contribution < -0.4 is 5.73 Å². The number of fused-ring (bicyclic) bond motifs is 1. The average Bonchev–Trinajstić information content (AvgIpc) is 2.41. The first-order valence-corrected chi connectivity index (χ1v) is 6.52. The summed E-state index contributed by atoms with van der Waals surface area (Å²) in [5, 5.41) is 2.16. The molecule has 3 aromatic rings. The lowest BCUT2D eigenvalue weighted by molar-refractivity contribution is 1.19. The summed E-state index contributed by atoms with van der Waals surface area (Å²) in [5.74, 6) is 0. The highest BCUT2D eigenvalue weighted by Crippen LogP contribution is 2.28. The van der Waals surface area contributed by atoms with Crippen LogP contribution in [0.4, 0.5) is 5.69 Å². The van der Waals surface area contributed by atoms with Gasteiger partial charge in [0.05, 0.1) is 5.52 Å². The Balaban J connectivity index is 1.92. The smallest absolute Gasteiger partial charge is 0.101 e. The first-order valence-electron chi connectivity index (χ1n) is 5.70. The minimum atomic E-state index is 0.783. The topological polar surface area (TPSA) is 38.9 Å². The molecule has 3 heteroatoms. The number of hydrogen-bond donors (Lipinski definition) is 1. The Labute approximate surface area is 110 Å². The molecule has 2 nitrogen and oxygen atoms in total. The lowest BCUT2D eigenvalue weighted by atomic mass is 10.2. The van der Waals surface area contributed by atoms with Gasteiger partial charge in [-0.25, -0.2) is 4.98 Å². The number of hydrogen-bond acceptors (Lipinski definition) is 3. The fourth-order valence-electron chi connectivity index (χ4n) is 1.76. The second-order valence-corrected chi connectivity index (χ2v) is 5.11. The maximum atomic E-state index is 5.67. The summed E-state index contributed by atoms with van der Waals surface area (Å²) in [6.45, 7) is 0. The Morgan fingerprint density at radius 3 is 2.44 bits per heavy atom. The monoisotopic (exact) mass is 252 g/mol. The second kappa shape index (κ2) is 4.70. The minimum Gasteiger partial charge on any atom is -0.399 e. The Morgan fingerprint density at radius 2 is 1.61 bits per heavy atom. The number of nitrogens with zero attached hydrogens (tertiary/aromatic N) is 1. The van der Waals surface area contributed by atoms with E-state index in [0.29, 0.717) is 0 Å². The highest BCUT2D eigenvalue weighted by Gasteiger charge is 2.00. The first kappa shape index (κ1) is 11.1. The summed E-state index contributed by atoms with van der Waals surface area (Å²) in [6.07, 6.45) is 0. The second-order valence-electron chi connectivity index (χ2n) is 4.01. The molecule has 0 radical (unpaired) electrons. The predicted molar refractivity (Wildman–Crippen MR) is 76.7 cm³/mol. The van der Waals surface area contributed by atoms with E-state index in [2.05, 4.69) is 17.1 Å². The zero-order valence-electron chi connectivity index (χ0n) is 9.71. The number of rotatable bonds is 2. The van der Waals surface area contributed by atoms with Gasteiger partial charge in [-0.2, -0.15) is 0 Å². The minimum absolute atomic E-state index is 0.783. The highest BCUT2D eigenvalue weighted by atomic mass is 32.2. The predicted octanol–water partition coefficient (Wildman–Crippen LogP) is 3.97. The Kier molecular flexibility index (Phi) is 2.90. The zero-order valence-corrected chi connectivity index (χ0v) is 10.5. The molecule has 0 atom stereocenters. The molecule has 1 heterocycles. The van der Waals surface area contributed by atoms with E-state index in [-0.39, 0.29) is 0 Å². The van der Waals surface area contributed by atoms with Gasteiger partial charge in [0, 0.05) is 16.0 Å². The van der Waals surface area contributed by atoms with E-state index < -0.39 is 0 Å². The standard InChI is InChI=1S/C15H12N2S/c16-12-6-8-13(9-7-12)18-15-10-5-11-3-1-2-4-14(11)17-15/h1-10H,16H2. The Hall–Kier alpha value is -2.00. The molecule has 2 aromatic carbocycles. The van der Waals surface area contributed by atoms with Crippen LogP contribution in [0.1, 0.15) is 0 Å². The lowest BCUT2D eigenvalue weighted by Crippen LogP contribution is -1.84. The van der Waals surface area contributed by atoms with Crippen LogP contribution in [0.2, 0.25) is 0 Å². The summed E-state index contributed by atoms with van der Waals surface area (Å²) < 4.78 is 0. The maximum Gasteiger partial charge on any atom is 0.101 e. The summed E-state index contributed by atoms with van der Waals surface area (Å²) in [6, 6.07) is 20.1. The number of pyridine rings is 1. The first-order chi connectivity index (χ1) is 8.81. The van der Waals surface area contributed by atoms with Gasteiger partial charge in [-0.05, 0) is 36.4 Å². The van der Waals surface area contributed by atoms with Crippen molar-refractivity contribution in [3.05, 3.63) is 60.7 Å². The Bertz CT molecular complexity index is 677. The van der Waals surface area contributed by atoms with Gasteiger partial charge in [-0.15, -0.1) is 0 Å². The van der Waals surface area contributed by atoms with Crippen molar-refractivity contribution in [1.29, 1.82) is 0 Å². The zero-order chi connectivity index (χ0) is 12.4. The van der Waals surface area contributed by atoms with Gasteiger partial charge in [0.1, 0.15) is 5.03 Å². The van der Waals surface area contributed by atoms with E-state index in [1.165, 1.54) is 5.39 Å². The molecule has 18 heavy (non-hydrogen) atoms. The van der Waals surface area contributed by atoms with Crippen LogP contribution >= 0.6 is 11.8 Å². The van der Waals surface area contributed by atoms with Crippen LogP contribution in [0.3, 0.4) is 0 Å². The van der Waals surface area contributed by atoms with Gasteiger partial charge in [-0.3, -0.25) is 0 Å². The third-order valence-electron chi connectivity index (χ3n) is 2.68. The quantitative estimate of drug-likeness (QED) is 0.701.